The van der Waals surface area contributed by atoms with Crippen molar-refractivity contribution in [3.8, 4) is 17.3 Å². The van der Waals surface area contributed by atoms with Gasteiger partial charge in [-0.25, -0.2) is 9.78 Å². The molecule has 0 fully saturated rings. The minimum atomic E-state index is -0.737. The number of ether oxygens (including phenoxy) is 1. The summed E-state index contributed by atoms with van der Waals surface area (Å²) in [6.07, 6.45) is 0.979. The van der Waals surface area contributed by atoms with Gasteiger partial charge in [-0.2, -0.15) is 10.3 Å². The van der Waals surface area contributed by atoms with Crippen molar-refractivity contribution in [3.05, 3.63) is 47.7 Å². The van der Waals surface area contributed by atoms with E-state index in [0.29, 0.717) is 5.69 Å². The quantitative estimate of drug-likeness (QED) is 0.844. The molecule has 0 aliphatic carbocycles. The van der Waals surface area contributed by atoms with E-state index in [1.165, 1.54) is 0 Å². The first-order valence-electron chi connectivity index (χ1n) is 6.40. The standard InChI is InChI=1S/C15H14N4O2/c1-3-21-15(20)18-14-12(9-16)17-13(10-19(14)2)11-7-5-4-6-8-11/h4-8,10H,3H2,1-2H3. The molecule has 2 aromatic rings. The van der Waals surface area contributed by atoms with Gasteiger partial charge >= 0.3 is 6.09 Å². The summed E-state index contributed by atoms with van der Waals surface area (Å²) in [6.45, 7) is 1.92. The molecule has 0 saturated heterocycles. The summed E-state index contributed by atoms with van der Waals surface area (Å²) >= 11 is 0. The number of nitriles is 1. The van der Waals surface area contributed by atoms with Crippen molar-refractivity contribution < 1.29 is 9.53 Å². The number of benzene rings is 1. The predicted octanol–water partition coefficient (Wildman–Crippen LogP) is 2.02. The second-order valence-electron chi connectivity index (χ2n) is 4.20. The molecule has 0 unspecified atom stereocenters. The normalized spacial score (nSPS) is 11.0. The summed E-state index contributed by atoms with van der Waals surface area (Å²) in [5.74, 6) is 0. The fourth-order valence-electron chi connectivity index (χ4n) is 1.81. The van der Waals surface area contributed by atoms with Crippen LogP contribution in [0.2, 0.25) is 0 Å². The maximum Gasteiger partial charge on any atom is 0.435 e. The number of aromatic nitrogens is 2. The van der Waals surface area contributed by atoms with Crippen LogP contribution in [0.1, 0.15) is 12.6 Å². The van der Waals surface area contributed by atoms with Crippen LogP contribution in [0.15, 0.2) is 41.5 Å². The van der Waals surface area contributed by atoms with Crippen molar-refractivity contribution in [3.63, 3.8) is 0 Å². The Bertz CT molecular complexity index is 757. The number of hydrogen-bond donors (Lipinski definition) is 0. The van der Waals surface area contributed by atoms with E-state index in [0.717, 1.165) is 5.56 Å². The molecular formula is C15H14N4O2. The molecule has 0 saturated carbocycles. The van der Waals surface area contributed by atoms with E-state index < -0.39 is 6.09 Å². The second kappa shape index (κ2) is 6.48. The molecule has 0 spiro atoms. The van der Waals surface area contributed by atoms with E-state index >= 15 is 0 Å². The third-order valence-electron chi connectivity index (χ3n) is 2.73. The molecule has 2 rings (SSSR count). The summed E-state index contributed by atoms with van der Waals surface area (Å²) in [6, 6.07) is 11.4. The number of rotatable bonds is 2. The van der Waals surface area contributed by atoms with E-state index in [2.05, 4.69) is 9.98 Å². The van der Waals surface area contributed by atoms with Crippen LogP contribution in [-0.4, -0.2) is 22.3 Å². The second-order valence-corrected chi connectivity index (χ2v) is 4.20. The lowest BCUT2D eigenvalue weighted by atomic mass is 10.1. The lowest BCUT2D eigenvalue weighted by Crippen LogP contribution is -2.25. The van der Waals surface area contributed by atoms with Crippen molar-refractivity contribution in [1.82, 2.24) is 9.55 Å². The summed E-state index contributed by atoms with van der Waals surface area (Å²) in [4.78, 5) is 19.5. The summed E-state index contributed by atoms with van der Waals surface area (Å²) < 4.78 is 6.35. The van der Waals surface area contributed by atoms with Gasteiger partial charge in [0.25, 0.3) is 0 Å². The van der Waals surface area contributed by atoms with Gasteiger partial charge in [0.05, 0.1) is 12.3 Å². The van der Waals surface area contributed by atoms with E-state index in [1.54, 1.807) is 24.7 Å². The number of hydrogen-bond acceptors (Lipinski definition) is 4. The molecule has 1 amide bonds. The largest absolute Gasteiger partial charge is 0.448 e. The number of amides is 1. The molecule has 6 heteroatoms. The number of aryl methyl sites for hydroxylation is 1. The molecule has 1 heterocycles. The van der Waals surface area contributed by atoms with Crippen LogP contribution in [0.4, 0.5) is 4.79 Å². The molecule has 0 aliphatic heterocycles. The molecular weight excluding hydrogens is 268 g/mol. The van der Waals surface area contributed by atoms with Gasteiger partial charge in [0.1, 0.15) is 6.07 Å². The zero-order chi connectivity index (χ0) is 15.2. The molecule has 0 radical (unpaired) electrons. The van der Waals surface area contributed by atoms with Gasteiger partial charge in [-0.3, -0.25) is 0 Å². The predicted molar refractivity (Wildman–Crippen MR) is 75.9 cm³/mol. The van der Waals surface area contributed by atoms with Crippen molar-refractivity contribution in [2.45, 2.75) is 6.92 Å². The van der Waals surface area contributed by atoms with Crippen LogP contribution < -0.4 is 5.49 Å². The number of carbonyl (C=O) groups excluding carboxylic acids is 1. The maximum absolute atomic E-state index is 11.4. The van der Waals surface area contributed by atoms with Gasteiger partial charge in [0.2, 0.25) is 0 Å². The summed E-state index contributed by atoms with van der Waals surface area (Å²) in [5, 5.41) is 9.22. The molecule has 1 aromatic carbocycles. The van der Waals surface area contributed by atoms with E-state index in [4.69, 9.17) is 4.74 Å². The number of carbonyl (C=O) groups is 1. The van der Waals surface area contributed by atoms with Gasteiger partial charge in [0, 0.05) is 18.8 Å². The molecule has 1 aromatic heterocycles. The van der Waals surface area contributed by atoms with E-state index in [-0.39, 0.29) is 17.8 Å². The van der Waals surface area contributed by atoms with E-state index in [1.807, 2.05) is 36.4 Å². The van der Waals surface area contributed by atoms with Gasteiger partial charge in [-0.05, 0) is 6.92 Å². The maximum atomic E-state index is 11.4. The Labute approximate surface area is 122 Å². The highest BCUT2D eigenvalue weighted by molar-refractivity contribution is 5.68. The average molecular weight is 282 g/mol. The minimum absolute atomic E-state index is 0.0758. The Balaban J connectivity index is 2.57. The average Bonchev–Trinajstić information content (AvgIpc) is 2.50. The smallest absolute Gasteiger partial charge is 0.435 e. The lowest BCUT2D eigenvalue weighted by molar-refractivity contribution is 0.162. The van der Waals surface area contributed by atoms with Crippen molar-refractivity contribution in [2.75, 3.05) is 6.61 Å². The van der Waals surface area contributed by atoms with Gasteiger partial charge < -0.3 is 9.30 Å². The molecule has 0 N–H and O–H groups in total. The van der Waals surface area contributed by atoms with Crippen LogP contribution in [0.3, 0.4) is 0 Å². The zero-order valence-electron chi connectivity index (χ0n) is 11.8. The van der Waals surface area contributed by atoms with Crippen LogP contribution in [0, 0.1) is 11.3 Å². The van der Waals surface area contributed by atoms with Crippen LogP contribution in [-0.2, 0) is 11.8 Å². The third kappa shape index (κ3) is 3.34. The Morgan fingerprint density at radius 1 is 1.43 bits per heavy atom. The molecule has 0 bridgehead atoms. The minimum Gasteiger partial charge on any atom is -0.448 e. The van der Waals surface area contributed by atoms with Crippen molar-refractivity contribution in [2.24, 2.45) is 12.0 Å². The van der Waals surface area contributed by atoms with Gasteiger partial charge in [-0.1, -0.05) is 30.3 Å². The van der Waals surface area contributed by atoms with E-state index in [9.17, 15) is 10.1 Å². The first-order chi connectivity index (χ1) is 10.2. The topological polar surface area (TPSA) is 80.3 Å². The summed E-state index contributed by atoms with van der Waals surface area (Å²) in [5.41, 5.74) is 1.77. The molecule has 21 heavy (non-hydrogen) atoms. The monoisotopic (exact) mass is 282 g/mol. The highest BCUT2D eigenvalue weighted by Gasteiger charge is 2.08. The van der Waals surface area contributed by atoms with Crippen molar-refractivity contribution >= 4 is 6.09 Å². The Kier molecular flexibility index (Phi) is 4.46. The lowest BCUT2D eigenvalue weighted by Gasteiger charge is -2.06. The highest BCUT2D eigenvalue weighted by Crippen LogP contribution is 2.14. The van der Waals surface area contributed by atoms with Gasteiger partial charge in [0.15, 0.2) is 11.2 Å². The SMILES string of the molecule is CCOC(=O)N=c1c(C#N)nc(-c2ccccc2)cn1C. The fraction of sp³-hybridized carbons (Fsp3) is 0.200. The summed E-state index contributed by atoms with van der Waals surface area (Å²) in [7, 11) is 1.70. The fourth-order valence-corrected chi connectivity index (χ4v) is 1.81. The van der Waals surface area contributed by atoms with Crippen molar-refractivity contribution in [1.29, 1.82) is 5.26 Å². The van der Waals surface area contributed by atoms with Crippen LogP contribution >= 0.6 is 0 Å². The number of nitrogens with zero attached hydrogens (tertiary/aromatic N) is 4. The Morgan fingerprint density at radius 3 is 2.76 bits per heavy atom. The zero-order valence-corrected chi connectivity index (χ0v) is 11.8. The molecule has 0 atom stereocenters. The van der Waals surface area contributed by atoms with Gasteiger partial charge in [-0.15, -0.1) is 0 Å². The molecule has 0 aliphatic rings. The van der Waals surface area contributed by atoms with Crippen LogP contribution in [0.25, 0.3) is 11.3 Å². The first kappa shape index (κ1) is 14.5. The molecule has 6 nitrogen and oxygen atoms in total. The van der Waals surface area contributed by atoms with Crippen LogP contribution in [0.5, 0.6) is 0 Å². The first-order valence-corrected chi connectivity index (χ1v) is 6.40. The Hall–Kier alpha value is -2.94. The third-order valence-corrected chi connectivity index (χ3v) is 2.73. The molecule has 106 valence electrons. The highest BCUT2D eigenvalue weighted by atomic mass is 16.5. The Morgan fingerprint density at radius 2 is 2.14 bits per heavy atom.